The predicted molar refractivity (Wildman–Crippen MR) is 107 cm³/mol. The topological polar surface area (TPSA) is 48.5 Å². The van der Waals surface area contributed by atoms with Gasteiger partial charge in [-0.25, -0.2) is 4.98 Å². The van der Waals surface area contributed by atoms with Crippen molar-refractivity contribution < 1.29 is 4.79 Å². The lowest BCUT2D eigenvalue weighted by atomic mass is 10.1. The SMILES string of the molecule is Cc1cccc(N2CCN(c3ccc(C(=O)NC(C)(C)C)nc3)CC2)c1. The van der Waals surface area contributed by atoms with Crippen LogP contribution in [0.2, 0.25) is 0 Å². The number of aromatic nitrogens is 1. The molecular formula is C21H28N4O. The van der Waals surface area contributed by atoms with Crippen LogP contribution < -0.4 is 15.1 Å². The van der Waals surface area contributed by atoms with Crippen molar-refractivity contribution in [1.82, 2.24) is 10.3 Å². The normalized spacial score (nSPS) is 15.1. The average molecular weight is 352 g/mol. The van der Waals surface area contributed by atoms with E-state index < -0.39 is 0 Å². The first-order valence-electron chi connectivity index (χ1n) is 9.17. The average Bonchev–Trinajstić information content (AvgIpc) is 2.61. The molecule has 5 nitrogen and oxygen atoms in total. The van der Waals surface area contributed by atoms with Gasteiger partial charge in [0.05, 0.1) is 11.9 Å². The minimum atomic E-state index is -0.260. The molecule has 0 atom stereocenters. The molecule has 1 aromatic heterocycles. The number of hydrogen-bond donors (Lipinski definition) is 1. The Morgan fingerprint density at radius 3 is 2.19 bits per heavy atom. The van der Waals surface area contributed by atoms with Gasteiger partial charge in [-0.15, -0.1) is 0 Å². The van der Waals surface area contributed by atoms with Crippen LogP contribution in [0.25, 0.3) is 0 Å². The fourth-order valence-corrected chi connectivity index (χ4v) is 3.16. The van der Waals surface area contributed by atoms with Gasteiger partial charge in [0.2, 0.25) is 0 Å². The number of anilines is 2. The van der Waals surface area contributed by atoms with Gasteiger partial charge in [-0.3, -0.25) is 4.79 Å². The molecule has 1 aliphatic heterocycles. The molecule has 0 unspecified atom stereocenters. The highest BCUT2D eigenvalue weighted by Crippen LogP contribution is 2.21. The van der Waals surface area contributed by atoms with Gasteiger partial charge in [-0.05, 0) is 57.5 Å². The Kier molecular flexibility index (Phi) is 5.16. The Morgan fingerprint density at radius 2 is 1.65 bits per heavy atom. The Bertz CT molecular complexity index is 756. The van der Waals surface area contributed by atoms with Crippen LogP contribution in [0.1, 0.15) is 36.8 Å². The fraction of sp³-hybridized carbons (Fsp3) is 0.429. The molecule has 2 aromatic rings. The highest BCUT2D eigenvalue weighted by atomic mass is 16.2. The molecule has 5 heteroatoms. The van der Waals surface area contributed by atoms with Crippen LogP contribution in [0, 0.1) is 6.92 Å². The van der Waals surface area contributed by atoms with Crippen LogP contribution in [0.3, 0.4) is 0 Å². The first-order chi connectivity index (χ1) is 12.3. The third-order valence-corrected chi connectivity index (χ3v) is 4.48. The van der Waals surface area contributed by atoms with Crippen molar-refractivity contribution in [3.63, 3.8) is 0 Å². The number of carbonyl (C=O) groups is 1. The van der Waals surface area contributed by atoms with Crippen molar-refractivity contribution in [3.05, 3.63) is 53.9 Å². The van der Waals surface area contributed by atoms with E-state index in [4.69, 9.17) is 0 Å². The number of aryl methyl sites for hydroxylation is 1. The van der Waals surface area contributed by atoms with Crippen molar-refractivity contribution >= 4 is 17.3 Å². The zero-order valence-corrected chi connectivity index (χ0v) is 16.1. The molecule has 2 heterocycles. The summed E-state index contributed by atoms with van der Waals surface area (Å²) in [6.45, 7) is 11.9. The van der Waals surface area contributed by atoms with Gasteiger partial charge >= 0.3 is 0 Å². The number of benzene rings is 1. The second-order valence-electron chi connectivity index (χ2n) is 7.92. The Labute approximate surface area is 156 Å². The maximum Gasteiger partial charge on any atom is 0.270 e. The summed E-state index contributed by atoms with van der Waals surface area (Å²) in [5, 5.41) is 2.94. The van der Waals surface area contributed by atoms with E-state index >= 15 is 0 Å². The highest BCUT2D eigenvalue weighted by Gasteiger charge is 2.19. The summed E-state index contributed by atoms with van der Waals surface area (Å²) in [6.07, 6.45) is 1.81. The van der Waals surface area contributed by atoms with Gasteiger partial charge in [0.1, 0.15) is 5.69 Å². The molecule has 138 valence electrons. The Morgan fingerprint density at radius 1 is 1.00 bits per heavy atom. The van der Waals surface area contributed by atoms with Gasteiger partial charge in [-0.2, -0.15) is 0 Å². The van der Waals surface area contributed by atoms with Crippen LogP contribution in [0.4, 0.5) is 11.4 Å². The number of nitrogens with one attached hydrogen (secondary N) is 1. The first kappa shape index (κ1) is 18.2. The Balaban J connectivity index is 1.60. The summed E-state index contributed by atoms with van der Waals surface area (Å²) in [6, 6.07) is 12.5. The smallest absolute Gasteiger partial charge is 0.270 e. The molecule has 3 rings (SSSR count). The lowest BCUT2D eigenvalue weighted by Crippen LogP contribution is -2.46. The van der Waals surface area contributed by atoms with Crippen molar-refractivity contribution in [2.75, 3.05) is 36.0 Å². The zero-order valence-electron chi connectivity index (χ0n) is 16.1. The van der Waals surface area contributed by atoms with Crippen LogP contribution in [0.5, 0.6) is 0 Å². The standard InChI is InChI=1S/C21H28N4O/c1-16-6-5-7-17(14-16)24-10-12-25(13-11-24)18-8-9-19(22-15-18)20(26)23-21(2,3)4/h5-9,14-15H,10-13H2,1-4H3,(H,23,26). The number of carbonyl (C=O) groups excluding carboxylic acids is 1. The molecule has 1 fully saturated rings. The van der Waals surface area contributed by atoms with E-state index in [-0.39, 0.29) is 11.4 Å². The van der Waals surface area contributed by atoms with E-state index in [9.17, 15) is 4.79 Å². The molecule has 0 radical (unpaired) electrons. The van der Waals surface area contributed by atoms with Gasteiger partial charge in [0, 0.05) is 37.4 Å². The third-order valence-electron chi connectivity index (χ3n) is 4.48. The number of pyridine rings is 1. The fourth-order valence-electron chi connectivity index (χ4n) is 3.16. The molecule has 1 amide bonds. The van der Waals surface area contributed by atoms with Crippen molar-refractivity contribution in [2.24, 2.45) is 0 Å². The minimum Gasteiger partial charge on any atom is -0.368 e. The van der Waals surface area contributed by atoms with Crippen LogP contribution in [-0.4, -0.2) is 42.6 Å². The zero-order chi connectivity index (χ0) is 18.7. The van der Waals surface area contributed by atoms with Crippen molar-refractivity contribution in [3.8, 4) is 0 Å². The lowest BCUT2D eigenvalue weighted by molar-refractivity contribution is 0.0914. The van der Waals surface area contributed by atoms with E-state index in [1.54, 1.807) is 6.20 Å². The first-order valence-corrected chi connectivity index (χ1v) is 9.17. The van der Waals surface area contributed by atoms with E-state index in [1.165, 1.54) is 11.3 Å². The summed E-state index contributed by atoms with van der Waals surface area (Å²) in [5.74, 6) is -0.131. The summed E-state index contributed by atoms with van der Waals surface area (Å²) in [4.78, 5) is 21.3. The molecule has 0 bridgehead atoms. The van der Waals surface area contributed by atoms with Crippen LogP contribution in [0.15, 0.2) is 42.6 Å². The molecule has 1 N–H and O–H groups in total. The number of piperazine rings is 1. The molecule has 1 saturated heterocycles. The number of amides is 1. The molecule has 26 heavy (non-hydrogen) atoms. The molecule has 0 saturated carbocycles. The summed E-state index contributed by atoms with van der Waals surface area (Å²) < 4.78 is 0. The van der Waals surface area contributed by atoms with E-state index in [2.05, 4.69) is 51.3 Å². The maximum absolute atomic E-state index is 12.2. The lowest BCUT2D eigenvalue weighted by Gasteiger charge is -2.37. The molecular weight excluding hydrogens is 324 g/mol. The summed E-state index contributed by atoms with van der Waals surface area (Å²) in [5.41, 5.74) is 3.85. The van der Waals surface area contributed by atoms with Gasteiger partial charge in [0.25, 0.3) is 5.91 Å². The largest absolute Gasteiger partial charge is 0.368 e. The van der Waals surface area contributed by atoms with Gasteiger partial charge in [-0.1, -0.05) is 12.1 Å². The van der Waals surface area contributed by atoms with E-state index in [0.717, 1.165) is 31.9 Å². The van der Waals surface area contributed by atoms with Crippen LogP contribution in [-0.2, 0) is 0 Å². The summed E-state index contributed by atoms with van der Waals surface area (Å²) >= 11 is 0. The van der Waals surface area contributed by atoms with E-state index in [0.29, 0.717) is 5.69 Å². The second kappa shape index (κ2) is 7.36. The number of hydrogen-bond acceptors (Lipinski definition) is 4. The van der Waals surface area contributed by atoms with Crippen molar-refractivity contribution in [2.45, 2.75) is 33.2 Å². The minimum absolute atomic E-state index is 0.131. The molecule has 0 spiro atoms. The van der Waals surface area contributed by atoms with Gasteiger partial charge in [0.15, 0.2) is 0 Å². The van der Waals surface area contributed by atoms with E-state index in [1.807, 2.05) is 32.9 Å². The number of nitrogens with zero attached hydrogens (tertiary/aromatic N) is 3. The summed E-state index contributed by atoms with van der Waals surface area (Å²) in [7, 11) is 0. The molecule has 0 aliphatic carbocycles. The number of rotatable bonds is 3. The monoisotopic (exact) mass is 352 g/mol. The highest BCUT2D eigenvalue weighted by molar-refractivity contribution is 5.92. The van der Waals surface area contributed by atoms with Crippen LogP contribution >= 0.6 is 0 Å². The quantitative estimate of drug-likeness (QED) is 0.921. The van der Waals surface area contributed by atoms with Gasteiger partial charge < -0.3 is 15.1 Å². The second-order valence-corrected chi connectivity index (χ2v) is 7.92. The third kappa shape index (κ3) is 4.54. The molecule has 1 aromatic carbocycles. The Hall–Kier alpha value is -2.56. The van der Waals surface area contributed by atoms with Crippen molar-refractivity contribution in [1.29, 1.82) is 0 Å². The maximum atomic E-state index is 12.2. The molecule has 1 aliphatic rings. The predicted octanol–water partition coefficient (Wildman–Crippen LogP) is 3.24.